The summed E-state index contributed by atoms with van der Waals surface area (Å²) in [5.41, 5.74) is 6.12. The summed E-state index contributed by atoms with van der Waals surface area (Å²) < 4.78 is 32.5. The molecule has 0 aliphatic heterocycles. The Morgan fingerprint density at radius 3 is 2.50 bits per heavy atom. The minimum atomic E-state index is -3.01. The Morgan fingerprint density at radius 1 is 1.25 bits per heavy atom. The van der Waals surface area contributed by atoms with Crippen LogP contribution in [0.15, 0.2) is 24.3 Å². The summed E-state index contributed by atoms with van der Waals surface area (Å²) in [5.74, 6) is 0.108. The number of nitrogen functional groups attached to an aromatic ring is 1. The average Bonchev–Trinajstić information content (AvgIpc) is 2.43. The molecule has 0 aliphatic rings. The number of esters is 1. The lowest BCUT2D eigenvalue weighted by atomic mass is 10.3. The second-order valence-electron chi connectivity index (χ2n) is 4.17. The van der Waals surface area contributed by atoms with Crippen molar-refractivity contribution >= 4 is 21.5 Å². The van der Waals surface area contributed by atoms with E-state index in [9.17, 15) is 13.2 Å². The van der Waals surface area contributed by atoms with E-state index >= 15 is 0 Å². The third kappa shape index (κ3) is 6.42. The number of carbonyl (C=O) groups excluding carboxylic acids is 1. The molecule has 0 fully saturated rings. The van der Waals surface area contributed by atoms with Gasteiger partial charge in [-0.05, 0) is 30.7 Å². The maximum atomic E-state index is 11.4. The summed E-state index contributed by atoms with van der Waals surface area (Å²) in [5, 5.41) is 0. The highest BCUT2D eigenvalue weighted by atomic mass is 32.2. The number of rotatable bonds is 8. The monoisotopic (exact) mass is 301 g/mol. The van der Waals surface area contributed by atoms with Gasteiger partial charge < -0.3 is 15.2 Å². The van der Waals surface area contributed by atoms with E-state index < -0.39 is 15.8 Å². The molecule has 0 spiro atoms. The zero-order chi connectivity index (χ0) is 15.0. The molecule has 7 heteroatoms. The molecule has 1 rings (SSSR count). The largest absolute Gasteiger partial charge is 0.482 e. The standard InChI is InChI=1S/C13H19NO5S/c1-2-20(16,17)9-3-8-18-13(15)10-19-12-6-4-11(14)5-7-12/h4-7H,2-3,8-10,14H2,1H3. The molecule has 1 aromatic rings. The third-order valence-corrected chi connectivity index (χ3v) is 4.33. The number of benzene rings is 1. The van der Waals surface area contributed by atoms with Crippen LogP contribution in [0.1, 0.15) is 13.3 Å². The number of ether oxygens (including phenoxy) is 2. The number of sulfone groups is 1. The summed E-state index contributed by atoms with van der Waals surface area (Å²) in [6.07, 6.45) is 0.295. The fourth-order valence-corrected chi connectivity index (χ4v) is 2.20. The fraction of sp³-hybridized carbons (Fsp3) is 0.462. The highest BCUT2D eigenvalue weighted by molar-refractivity contribution is 7.91. The van der Waals surface area contributed by atoms with Crippen LogP contribution in [-0.2, 0) is 19.4 Å². The number of hydrogen-bond donors (Lipinski definition) is 1. The van der Waals surface area contributed by atoms with Crippen molar-refractivity contribution in [2.24, 2.45) is 0 Å². The summed E-state index contributed by atoms with van der Waals surface area (Å²) in [7, 11) is -3.01. The quantitative estimate of drug-likeness (QED) is 0.437. The van der Waals surface area contributed by atoms with Gasteiger partial charge in [-0.15, -0.1) is 0 Å². The van der Waals surface area contributed by atoms with Crippen LogP contribution in [0.2, 0.25) is 0 Å². The lowest BCUT2D eigenvalue weighted by molar-refractivity contribution is -0.146. The van der Waals surface area contributed by atoms with Gasteiger partial charge in [-0.3, -0.25) is 0 Å². The van der Waals surface area contributed by atoms with E-state index in [0.717, 1.165) is 0 Å². The molecule has 0 radical (unpaired) electrons. The molecule has 0 atom stereocenters. The van der Waals surface area contributed by atoms with Crippen LogP contribution in [-0.4, -0.2) is 39.1 Å². The Bertz CT molecular complexity index is 524. The van der Waals surface area contributed by atoms with Gasteiger partial charge in [-0.25, -0.2) is 13.2 Å². The van der Waals surface area contributed by atoms with Crippen molar-refractivity contribution in [2.45, 2.75) is 13.3 Å². The van der Waals surface area contributed by atoms with Crippen molar-refractivity contribution in [2.75, 3.05) is 30.5 Å². The van der Waals surface area contributed by atoms with E-state index in [-0.39, 0.29) is 24.7 Å². The average molecular weight is 301 g/mol. The van der Waals surface area contributed by atoms with Gasteiger partial charge >= 0.3 is 5.97 Å². The molecule has 0 saturated heterocycles. The van der Waals surface area contributed by atoms with Crippen LogP contribution in [0.3, 0.4) is 0 Å². The van der Waals surface area contributed by atoms with E-state index in [0.29, 0.717) is 17.9 Å². The Balaban J connectivity index is 2.19. The predicted molar refractivity (Wildman–Crippen MR) is 76.3 cm³/mol. The highest BCUT2D eigenvalue weighted by Gasteiger charge is 2.08. The molecule has 0 saturated carbocycles. The molecule has 0 aliphatic carbocycles. The van der Waals surface area contributed by atoms with Crippen molar-refractivity contribution in [1.82, 2.24) is 0 Å². The second kappa shape index (κ2) is 7.74. The van der Waals surface area contributed by atoms with Gasteiger partial charge in [0.2, 0.25) is 0 Å². The van der Waals surface area contributed by atoms with E-state index in [1.165, 1.54) is 0 Å². The van der Waals surface area contributed by atoms with Crippen molar-refractivity contribution in [3.8, 4) is 5.75 Å². The molecule has 0 amide bonds. The first-order chi connectivity index (χ1) is 9.43. The summed E-state index contributed by atoms with van der Waals surface area (Å²) in [6, 6.07) is 6.62. The van der Waals surface area contributed by atoms with Crippen LogP contribution >= 0.6 is 0 Å². The van der Waals surface area contributed by atoms with Gasteiger partial charge in [0.25, 0.3) is 0 Å². The van der Waals surface area contributed by atoms with E-state index in [2.05, 4.69) is 0 Å². The first-order valence-corrected chi connectivity index (χ1v) is 8.09. The van der Waals surface area contributed by atoms with Crippen LogP contribution in [0.25, 0.3) is 0 Å². The van der Waals surface area contributed by atoms with Gasteiger partial charge in [0, 0.05) is 11.4 Å². The minimum absolute atomic E-state index is 0.0234. The van der Waals surface area contributed by atoms with Crippen molar-refractivity contribution in [1.29, 1.82) is 0 Å². The van der Waals surface area contributed by atoms with Crippen LogP contribution < -0.4 is 10.5 Å². The van der Waals surface area contributed by atoms with Gasteiger partial charge in [0.1, 0.15) is 15.6 Å². The van der Waals surface area contributed by atoms with Gasteiger partial charge in [-0.2, -0.15) is 0 Å². The van der Waals surface area contributed by atoms with Crippen molar-refractivity contribution in [3.63, 3.8) is 0 Å². The second-order valence-corrected chi connectivity index (χ2v) is 6.64. The number of hydrogen-bond acceptors (Lipinski definition) is 6. The topological polar surface area (TPSA) is 95.7 Å². The molecular formula is C13H19NO5S. The maximum absolute atomic E-state index is 11.4. The zero-order valence-electron chi connectivity index (χ0n) is 11.4. The molecule has 2 N–H and O–H groups in total. The van der Waals surface area contributed by atoms with Gasteiger partial charge in [0.05, 0.1) is 12.4 Å². The van der Waals surface area contributed by atoms with Crippen molar-refractivity contribution in [3.05, 3.63) is 24.3 Å². The Morgan fingerprint density at radius 2 is 1.90 bits per heavy atom. The number of carbonyl (C=O) groups is 1. The normalized spacial score (nSPS) is 11.1. The minimum Gasteiger partial charge on any atom is -0.482 e. The highest BCUT2D eigenvalue weighted by Crippen LogP contribution is 2.12. The lowest BCUT2D eigenvalue weighted by Crippen LogP contribution is -2.17. The molecule has 0 heterocycles. The first-order valence-electron chi connectivity index (χ1n) is 6.27. The summed E-state index contributed by atoms with van der Waals surface area (Å²) >= 11 is 0. The smallest absolute Gasteiger partial charge is 0.344 e. The molecule has 1 aromatic carbocycles. The number of nitrogens with two attached hydrogens (primary N) is 1. The van der Waals surface area contributed by atoms with Crippen LogP contribution in [0.5, 0.6) is 5.75 Å². The number of anilines is 1. The molecule has 0 unspecified atom stereocenters. The Hall–Kier alpha value is -1.76. The molecule has 20 heavy (non-hydrogen) atoms. The summed E-state index contributed by atoms with van der Waals surface area (Å²) in [6.45, 7) is 1.44. The molecular weight excluding hydrogens is 282 g/mol. The van der Waals surface area contributed by atoms with Gasteiger partial charge in [-0.1, -0.05) is 6.92 Å². The zero-order valence-corrected chi connectivity index (χ0v) is 12.2. The molecule has 0 bridgehead atoms. The molecule has 6 nitrogen and oxygen atoms in total. The predicted octanol–water partition coefficient (Wildman–Crippen LogP) is 1.02. The Labute approximate surface area is 118 Å². The molecule has 112 valence electrons. The van der Waals surface area contributed by atoms with Crippen LogP contribution in [0.4, 0.5) is 5.69 Å². The van der Waals surface area contributed by atoms with Crippen LogP contribution in [0, 0.1) is 0 Å². The van der Waals surface area contributed by atoms with E-state index in [1.807, 2.05) is 0 Å². The van der Waals surface area contributed by atoms with Crippen molar-refractivity contribution < 1.29 is 22.7 Å². The van der Waals surface area contributed by atoms with E-state index in [1.54, 1.807) is 31.2 Å². The lowest BCUT2D eigenvalue weighted by Gasteiger charge is -2.07. The Kier molecular flexibility index (Phi) is 6.30. The van der Waals surface area contributed by atoms with Gasteiger partial charge in [0.15, 0.2) is 6.61 Å². The summed E-state index contributed by atoms with van der Waals surface area (Å²) in [4.78, 5) is 11.4. The third-order valence-electron chi connectivity index (χ3n) is 2.54. The fourth-order valence-electron chi connectivity index (χ4n) is 1.36. The SMILES string of the molecule is CCS(=O)(=O)CCCOC(=O)COc1ccc(N)cc1. The van der Waals surface area contributed by atoms with E-state index in [4.69, 9.17) is 15.2 Å². The molecule has 0 aromatic heterocycles. The maximum Gasteiger partial charge on any atom is 0.344 e. The first kappa shape index (κ1) is 16.3.